The predicted octanol–water partition coefficient (Wildman–Crippen LogP) is 5.34. The van der Waals surface area contributed by atoms with Crippen molar-refractivity contribution in [3.05, 3.63) is 94.5 Å². The summed E-state index contributed by atoms with van der Waals surface area (Å²) in [5, 5.41) is 3.43. The molecule has 3 aromatic rings. The molecule has 3 rings (SSSR count). The van der Waals surface area contributed by atoms with Gasteiger partial charge in [-0.15, -0.1) is 0 Å². The van der Waals surface area contributed by atoms with Crippen molar-refractivity contribution in [2.24, 2.45) is 5.92 Å². The molecule has 0 aliphatic carbocycles. The normalized spacial score (nSPS) is 12.2. The second kappa shape index (κ2) is 13.1. The number of hydrogen-bond donors (Lipinski definition) is 1. The number of hydrogen-bond acceptors (Lipinski definition) is 4. The molecule has 0 bridgehead atoms. The second-order valence-corrected chi connectivity index (χ2v) is 12.4. The standard InChI is InChI=1S/C30H36ClN3O4S/c1-21(2)18-32-30(36)24(5)33(19-25-12-14-26(31)15-13-25)29(35)20-34(28-9-7-6-8-23(28)4)39(37,38)27-16-10-22(3)11-17-27/h6-17,21,24H,18-20H2,1-5H3,(H,32,36)/t24-/m0/s1. The first-order chi connectivity index (χ1) is 18.4. The lowest BCUT2D eigenvalue weighted by molar-refractivity contribution is -0.139. The van der Waals surface area contributed by atoms with E-state index in [1.165, 1.54) is 17.0 Å². The summed E-state index contributed by atoms with van der Waals surface area (Å²) in [6, 6.07) is 19.7. The van der Waals surface area contributed by atoms with Crippen LogP contribution in [-0.4, -0.2) is 44.3 Å². The van der Waals surface area contributed by atoms with Gasteiger partial charge in [-0.3, -0.25) is 13.9 Å². The molecule has 0 saturated carbocycles. The first-order valence-electron chi connectivity index (χ1n) is 12.9. The van der Waals surface area contributed by atoms with E-state index >= 15 is 0 Å². The third-order valence-corrected chi connectivity index (χ3v) is 8.42. The van der Waals surface area contributed by atoms with E-state index in [4.69, 9.17) is 11.6 Å². The van der Waals surface area contributed by atoms with Crippen LogP contribution in [-0.2, 0) is 26.2 Å². The largest absolute Gasteiger partial charge is 0.354 e. The lowest BCUT2D eigenvalue weighted by atomic mass is 10.1. The summed E-state index contributed by atoms with van der Waals surface area (Å²) in [6.07, 6.45) is 0. The number of benzene rings is 3. The molecule has 0 spiro atoms. The van der Waals surface area contributed by atoms with Crippen LogP contribution >= 0.6 is 11.6 Å². The van der Waals surface area contributed by atoms with E-state index in [2.05, 4.69) is 5.32 Å². The summed E-state index contributed by atoms with van der Waals surface area (Å²) < 4.78 is 28.9. The van der Waals surface area contributed by atoms with Crippen LogP contribution in [0.15, 0.2) is 77.7 Å². The SMILES string of the molecule is Cc1ccc(S(=O)(=O)N(CC(=O)N(Cc2ccc(Cl)cc2)[C@@H](C)C(=O)NCC(C)C)c2ccccc2C)cc1. The zero-order chi connectivity index (χ0) is 28.7. The van der Waals surface area contributed by atoms with Gasteiger partial charge in [0.25, 0.3) is 10.0 Å². The number of halogens is 1. The van der Waals surface area contributed by atoms with Crippen LogP contribution in [0.2, 0.25) is 5.02 Å². The lowest BCUT2D eigenvalue weighted by Crippen LogP contribution is -2.51. The van der Waals surface area contributed by atoms with Gasteiger partial charge in [-0.1, -0.05) is 73.5 Å². The molecule has 208 valence electrons. The van der Waals surface area contributed by atoms with Crippen molar-refractivity contribution in [2.75, 3.05) is 17.4 Å². The van der Waals surface area contributed by atoms with Crippen molar-refractivity contribution in [1.82, 2.24) is 10.2 Å². The molecular formula is C30H36ClN3O4S. The van der Waals surface area contributed by atoms with E-state index < -0.39 is 28.5 Å². The first kappa shape index (κ1) is 30.2. The van der Waals surface area contributed by atoms with Gasteiger partial charge in [-0.05, 0) is 68.1 Å². The molecule has 0 saturated heterocycles. The van der Waals surface area contributed by atoms with Crippen LogP contribution in [0.4, 0.5) is 5.69 Å². The molecule has 1 N–H and O–H groups in total. The van der Waals surface area contributed by atoms with Crippen molar-refractivity contribution in [1.29, 1.82) is 0 Å². The van der Waals surface area contributed by atoms with Crippen LogP contribution in [0.5, 0.6) is 0 Å². The van der Waals surface area contributed by atoms with Crippen molar-refractivity contribution in [3.8, 4) is 0 Å². The molecule has 0 aliphatic heterocycles. The van der Waals surface area contributed by atoms with Gasteiger partial charge < -0.3 is 10.2 Å². The molecule has 0 unspecified atom stereocenters. The molecule has 0 aliphatic rings. The topological polar surface area (TPSA) is 86.8 Å². The Morgan fingerprint density at radius 2 is 1.51 bits per heavy atom. The van der Waals surface area contributed by atoms with Gasteiger partial charge in [0.15, 0.2) is 0 Å². The van der Waals surface area contributed by atoms with Crippen LogP contribution in [0.1, 0.15) is 37.5 Å². The van der Waals surface area contributed by atoms with Crippen molar-refractivity contribution in [3.63, 3.8) is 0 Å². The highest BCUT2D eigenvalue weighted by atomic mass is 35.5. The summed E-state index contributed by atoms with van der Waals surface area (Å²) in [6.45, 7) is 9.38. The number of rotatable bonds is 11. The smallest absolute Gasteiger partial charge is 0.264 e. The van der Waals surface area contributed by atoms with Gasteiger partial charge in [-0.25, -0.2) is 8.42 Å². The summed E-state index contributed by atoms with van der Waals surface area (Å²) in [7, 11) is -4.10. The van der Waals surface area contributed by atoms with Gasteiger partial charge in [-0.2, -0.15) is 0 Å². The molecule has 39 heavy (non-hydrogen) atoms. The lowest BCUT2D eigenvalue weighted by Gasteiger charge is -2.32. The zero-order valence-electron chi connectivity index (χ0n) is 23.0. The average Bonchev–Trinajstić information content (AvgIpc) is 2.90. The molecule has 3 aromatic carbocycles. The van der Waals surface area contributed by atoms with E-state index in [1.54, 1.807) is 68.4 Å². The van der Waals surface area contributed by atoms with Gasteiger partial charge in [0.2, 0.25) is 11.8 Å². The Bertz CT molecular complexity index is 1390. The summed E-state index contributed by atoms with van der Waals surface area (Å²) in [5.41, 5.74) is 2.78. The number of nitrogens with zero attached hydrogens (tertiary/aromatic N) is 2. The fourth-order valence-electron chi connectivity index (χ4n) is 4.02. The molecule has 0 heterocycles. The summed E-state index contributed by atoms with van der Waals surface area (Å²) >= 11 is 6.05. The predicted molar refractivity (Wildman–Crippen MR) is 156 cm³/mol. The highest BCUT2D eigenvalue weighted by Crippen LogP contribution is 2.27. The number of sulfonamides is 1. The Balaban J connectivity index is 2.02. The quantitative estimate of drug-likeness (QED) is 0.338. The Kier molecular flexibility index (Phi) is 10.2. The number of carbonyl (C=O) groups excluding carboxylic acids is 2. The number of carbonyl (C=O) groups is 2. The maximum atomic E-state index is 13.9. The Morgan fingerprint density at radius 3 is 2.10 bits per heavy atom. The maximum Gasteiger partial charge on any atom is 0.264 e. The highest BCUT2D eigenvalue weighted by molar-refractivity contribution is 7.92. The maximum absolute atomic E-state index is 13.9. The van der Waals surface area contributed by atoms with Crippen LogP contribution in [0.3, 0.4) is 0 Å². The Morgan fingerprint density at radius 1 is 0.897 bits per heavy atom. The minimum absolute atomic E-state index is 0.0797. The first-order valence-corrected chi connectivity index (χ1v) is 14.7. The molecule has 0 aromatic heterocycles. The van der Waals surface area contributed by atoms with E-state index in [-0.39, 0.29) is 23.3 Å². The molecule has 2 amide bonds. The van der Waals surface area contributed by atoms with E-state index in [9.17, 15) is 18.0 Å². The zero-order valence-corrected chi connectivity index (χ0v) is 24.6. The minimum Gasteiger partial charge on any atom is -0.354 e. The summed E-state index contributed by atoms with van der Waals surface area (Å²) in [4.78, 5) is 28.5. The summed E-state index contributed by atoms with van der Waals surface area (Å²) in [5.74, 6) is -0.580. The van der Waals surface area contributed by atoms with Crippen molar-refractivity contribution >= 4 is 39.1 Å². The number of para-hydroxylation sites is 1. The van der Waals surface area contributed by atoms with E-state index in [1.807, 2.05) is 26.8 Å². The van der Waals surface area contributed by atoms with Gasteiger partial charge in [0.05, 0.1) is 10.6 Å². The van der Waals surface area contributed by atoms with Crippen LogP contribution in [0, 0.1) is 19.8 Å². The van der Waals surface area contributed by atoms with E-state index in [0.717, 1.165) is 15.4 Å². The average molecular weight is 570 g/mol. The fraction of sp³-hybridized carbons (Fsp3) is 0.333. The minimum atomic E-state index is -4.10. The van der Waals surface area contributed by atoms with Gasteiger partial charge >= 0.3 is 0 Å². The monoisotopic (exact) mass is 569 g/mol. The molecule has 0 radical (unpaired) electrons. The molecular weight excluding hydrogens is 534 g/mol. The molecule has 7 nitrogen and oxygen atoms in total. The third kappa shape index (κ3) is 7.83. The van der Waals surface area contributed by atoms with Gasteiger partial charge in [0, 0.05) is 18.1 Å². The molecule has 1 atom stereocenters. The second-order valence-electron chi connectivity index (χ2n) is 10.1. The number of anilines is 1. The Hall–Kier alpha value is -3.36. The van der Waals surface area contributed by atoms with Crippen molar-refractivity contribution < 1.29 is 18.0 Å². The highest BCUT2D eigenvalue weighted by Gasteiger charge is 2.33. The number of aryl methyl sites for hydroxylation is 2. The fourth-order valence-corrected chi connectivity index (χ4v) is 5.62. The Labute approximate surface area is 236 Å². The third-order valence-electron chi connectivity index (χ3n) is 6.39. The van der Waals surface area contributed by atoms with E-state index in [0.29, 0.717) is 22.8 Å². The van der Waals surface area contributed by atoms with Crippen molar-refractivity contribution in [2.45, 2.75) is 52.1 Å². The number of amides is 2. The number of nitrogens with one attached hydrogen (secondary N) is 1. The van der Waals surface area contributed by atoms with Crippen LogP contribution in [0.25, 0.3) is 0 Å². The van der Waals surface area contributed by atoms with Crippen LogP contribution < -0.4 is 9.62 Å². The van der Waals surface area contributed by atoms with Gasteiger partial charge in [0.1, 0.15) is 12.6 Å². The molecule has 9 heteroatoms. The molecule has 0 fully saturated rings.